The summed E-state index contributed by atoms with van der Waals surface area (Å²) >= 11 is 0. The van der Waals surface area contributed by atoms with Crippen LogP contribution < -0.4 is 5.32 Å². The third-order valence-electron chi connectivity index (χ3n) is 8.05. The van der Waals surface area contributed by atoms with Crippen LogP contribution in [-0.2, 0) is 14.9 Å². The van der Waals surface area contributed by atoms with Crippen molar-refractivity contribution in [1.29, 1.82) is 0 Å². The van der Waals surface area contributed by atoms with E-state index in [4.69, 9.17) is 0 Å². The fourth-order valence-corrected chi connectivity index (χ4v) is 5.93. The number of hydrogen-bond donors (Lipinski definition) is 3. The Morgan fingerprint density at radius 2 is 1.00 bits per heavy atom. The molecule has 1 amide bonds. The van der Waals surface area contributed by atoms with Crippen LogP contribution in [0.5, 0.6) is 0 Å². The molecule has 49 heavy (non-hydrogen) atoms. The van der Waals surface area contributed by atoms with Gasteiger partial charge in [-0.05, 0) is 70.6 Å². The Morgan fingerprint density at radius 1 is 0.571 bits per heavy atom. The lowest BCUT2D eigenvalue weighted by Crippen LogP contribution is -2.46. The van der Waals surface area contributed by atoms with E-state index < -0.39 is 28.0 Å². The Kier molecular flexibility index (Phi) is 33.6. The van der Waals surface area contributed by atoms with E-state index in [9.17, 15) is 22.9 Å². The molecule has 7 heteroatoms. The summed E-state index contributed by atoms with van der Waals surface area (Å²) in [7, 11) is -4.38. The van der Waals surface area contributed by atoms with Crippen LogP contribution in [0.1, 0.15) is 155 Å². The number of unbranched alkanes of at least 4 members (excludes halogenated alkanes) is 13. The van der Waals surface area contributed by atoms with Crippen LogP contribution in [0.25, 0.3) is 0 Å². The van der Waals surface area contributed by atoms with E-state index in [1.165, 1.54) is 76.7 Å². The molecule has 0 aromatic heterocycles. The molecule has 0 heterocycles. The number of allylic oxidation sites excluding steroid dienone is 13. The topological polar surface area (TPSA) is 104 Å². The minimum absolute atomic E-state index is 0.159. The Hall–Kier alpha value is -2.48. The number of amides is 1. The number of aliphatic hydroxyl groups excluding tert-OH is 1. The zero-order valence-corrected chi connectivity index (χ0v) is 31.8. The Labute approximate surface area is 301 Å². The average Bonchev–Trinajstić information content (AvgIpc) is 3.06. The highest BCUT2D eigenvalue weighted by atomic mass is 32.2. The fraction of sp³-hybridized carbons (Fsp3) is 0.643. The van der Waals surface area contributed by atoms with Crippen LogP contribution in [0.3, 0.4) is 0 Å². The highest BCUT2D eigenvalue weighted by Gasteiger charge is 2.24. The quantitative estimate of drug-likeness (QED) is 0.0359. The summed E-state index contributed by atoms with van der Waals surface area (Å²) in [5.74, 6) is -1.12. The monoisotopic (exact) mass is 702 g/mol. The van der Waals surface area contributed by atoms with Gasteiger partial charge < -0.3 is 10.4 Å². The van der Waals surface area contributed by atoms with Crippen LogP contribution in [-0.4, -0.2) is 41.9 Å². The molecule has 2 atom stereocenters. The second-order valence-electron chi connectivity index (χ2n) is 12.8. The molecule has 0 aliphatic carbocycles. The van der Waals surface area contributed by atoms with Crippen LogP contribution in [0.2, 0.25) is 0 Å². The average molecular weight is 702 g/mol. The van der Waals surface area contributed by atoms with E-state index in [2.05, 4.69) is 79.9 Å². The van der Waals surface area contributed by atoms with Gasteiger partial charge in [0.1, 0.15) is 0 Å². The van der Waals surface area contributed by atoms with Crippen molar-refractivity contribution >= 4 is 16.0 Å². The smallest absolute Gasteiger partial charge is 0.267 e. The van der Waals surface area contributed by atoms with Crippen LogP contribution in [0.15, 0.2) is 85.1 Å². The van der Waals surface area contributed by atoms with Gasteiger partial charge in [-0.2, -0.15) is 8.42 Å². The van der Waals surface area contributed by atoms with E-state index >= 15 is 0 Å². The zero-order valence-electron chi connectivity index (χ0n) is 31.0. The van der Waals surface area contributed by atoms with Gasteiger partial charge in [-0.3, -0.25) is 9.35 Å². The van der Waals surface area contributed by atoms with Crippen molar-refractivity contribution in [2.45, 2.75) is 167 Å². The SMILES string of the molecule is CC/C=C\C/C=C\C/C=C\C/C=C\CCC(=O)NC(CS(=O)(=O)O)C(O)/C=C/CC/C=C/CC/C=C/CCCCCCCCCCCCC. The minimum Gasteiger partial charge on any atom is -0.387 e. The lowest BCUT2D eigenvalue weighted by molar-refractivity contribution is -0.122. The standard InChI is InChI=1S/C42H71NO5S/c1-3-5-7-9-11-13-15-17-18-19-20-21-22-23-24-26-27-29-31-33-35-37-41(44)40(39-49(46,47)48)43-42(45)38-36-34-32-30-28-25-16-14-12-10-8-6-4-2/h6,8,12,14,22-23,25,27-29,32,34-35,37,40-41,44H,3-5,7,9-11,13,15-21,24,26,30-31,33,36,38-39H2,1-2H3,(H,43,45)(H,46,47,48)/b8-6-,14-12-,23-22+,28-25-,29-27+,34-32-,37-35+. The van der Waals surface area contributed by atoms with E-state index in [0.717, 1.165) is 51.4 Å². The van der Waals surface area contributed by atoms with Gasteiger partial charge in [0.05, 0.1) is 17.9 Å². The first-order chi connectivity index (χ1) is 23.8. The fourth-order valence-electron chi connectivity index (χ4n) is 5.20. The van der Waals surface area contributed by atoms with E-state index in [0.29, 0.717) is 12.8 Å². The lowest BCUT2D eigenvalue weighted by atomic mass is 10.1. The summed E-state index contributed by atoms with van der Waals surface area (Å²) in [6.07, 6.45) is 51.6. The van der Waals surface area contributed by atoms with Gasteiger partial charge in [-0.25, -0.2) is 0 Å². The first-order valence-electron chi connectivity index (χ1n) is 19.3. The molecule has 2 unspecified atom stereocenters. The molecular weight excluding hydrogens is 631 g/mol. The third-order valence-corrected chi connectivity index (χ3v) is 8.83. The van der Waals surface area contributed by atoms with Gasteiger partial charge in [-0.15, -0.1) is 0 Å². The van der Waals surface area contributed by atoms with Gasteiger partial charge in [0, 0.05) is 6.42 Å². The van der Waals surface area contributed by atoms with Gasteiger partial charge in [0.25, 0.3) is 10.1 Å². The normalized spacial score (nSPS) is 14.3. The van der Waals surface area contributed by atoms with Crippen LogP contribution in [0.4, 0.5) is 0 Å². The molecule has 0 fully saturated rings. The Morgan fingerprint density at radius 3 is 1.51 bits per heavy atom. The minimum atomic E-state index is -4.38. The summed E-state index contributed by atoms with van der Waals surface area (Å²) < 4.78 is 32.4. The predicted molar refractivity (Wildman–Crippen MR) is 211 cm³/mol. The summed E-state index contributed by atoms with van der Waals surface area (Å²) in [4.78, 5) is 12.4. The molecule has 6 nitrogen and oxygen atoms in total. The molecule has 0 aliphatic heterocycles. The van der Waals surface area contributed by atoms with Crippen molar-refractivity contribution in [3.63, 3.8) is 0 Å². The van der Waals surface area contributed by atoms with Crippen LogP contribution >= 0.6 is 0 Å². The van der Waals surface area contributed by atoms with E-state index in [1.807, 2.05) is 12.2 Å². The number of carbonyl (C=O) groups is 1. The maximum absolute atomic E-state index is 12.4. The molecule has 0 rings (SSSR count). The molecule has 0 aliphatic rings. The second kappa shape index (κ2) is 35.3. The zero-order chi connectivity index (χ0) is 36.1. The van der Waals surface area contributed by atoms with Crippen molar-refractivity contribution in [3.8, 4) is 0 Å². The van der Waals surface area contributed by atoms with Crippen molar-refractivity contribution in [2.75, 3.05) is 5.75 Å². The molecule has 3 N–H and O–H groups in total. The third kappa shape index (κ3) is 36.6. The number of carbonyl (C=O) groups excluding carboxylic acids is 1. The number of rotatable bonds is 33. The second-order valence-corrected chi connectivity index (χ2v) is 14.3. The Bertz CT molecular complexity index is 1080. The molecule has 0 spiro atoms. The first kappa shape index (κ1) is 46.5. The maximum Gasteiger partial charge on any atom is 0.267 e. The highest BCUT2D eigenvalue weighted by Crippen LogP contribution is 2.12. The predicted octanol–water partition coefficient (Wildman–Crippen LogP) is 11.2. The Balaban J connectivity index is 4.13. The number of aliphatic hydroxyl groups is 1. The molecule has 0 aromatic rings. The van der Waals surface area contributed by atoms with E-state index in [1.54, 1.807) is 6.08 Å². The largest absolute Gasteiger partial charge is 0.387 e. The van der Waals surface area contributed by atoms with Crippen molar-refractivity contribution < 1.29 is 22.9 Å². The number of nitrogens with one attached hydrogen (secondary N) is 1. The molecule has 0 aromatic carbocycles. The van der Waals surface area contributed by atoms with Gasteiger partial charge in [0.2, 0.25) is 5.91 Å². The highest BCUT2D eigenvalue weighted by molar-refractivity contribution is 7.85. The summed E-state index contributed by atoms with van der Waals surface area (Å²) in [5, 5.41) is 13.1. The van der Waals surface area contributed by atoms with Gasteiger partial charge in [0.15, 0.2) is 0 Å². The van der Waals surface area contributed by atoms with Crippen molar-refractivity contribution in [2.24, 2.45) is 0 Å². The molecular formula is C42H71NO5S. The van der Waals surface area contributed by atoms with Gasteiger partial charge >= 0.3 is 0 Å². The molecule has 0 saturated heterocycles. The van der Waals surface area contributed by atoms with Crippen LogP contribution in [0, 0.1) is 0 Å². The summed E-state index contributed by atoms with van der Waals surface area (Å²) in [6, 6.07) is -1.12. The van der Waals surface area contributed by atoms with E-state index in [-0.39, 0.29) is 12.3 Å². The molecule has 280 valence electrons. The number of hydrogen-bond acceptors (Lipinski definition) is 4. The van der Waals surface area contributed by atoms with Crippen molar-refractivity contribution in [1.82, 2.24) is 5.32 Å². The molecule has 0 saturated carbocycles. The van der Waals surface area contributed by atoms with Crippen molar-refractivity contribution in [3.05, 3.63) is 85.1 Å². The molecule has 0 bridgehead atoms. The first-order valence-corrected chi connectivity index (χ1v) is 20.9. The summed E-state index contributed by atoms with van der Waals surface area (Å²) in [6.45, 7) is 4.39. The van der Waals surface area contributed by atoms with Gasteiger partial charge in [-0.1, -0.05) is 163 Å². The maximum atomic E-state index is 12.4. The summed E-state index contributed by atoms with van der Waals surface area (Å²) in [5.41, 5.74) is 0. The molecule has 0 radical (unpaired) electrons. The lowest BCUT2D eigenvalue weighted by Gasteiger charge is -2.20.